The fourth-order valence-electron chi connectivity index (χ4n) is 5.07. The van der Waals surface area contributed by atoms with E-state index in [1.54, 1.807) is 6.07 Å². The van der Waals surface area contributed by atoms with Gasteiger partial charge >= 0.3 is 5.97 Å². The number of benzene rings is 2. The van der Waals surface area contributed by atoms with E-state index >= 15 is 0 Å². The van der Waals surface area contributed by atoms with Crippen LogP contribution in [0.5, 0.6) is 5.75 Å². The number of ether oxygens (including phenoxy) is 1. The summed E-state index contributed by atoms with van der Waals surface area (Å²) in [6, 6.07) is 13.3. The second-order valence-corrected chi connectivity index (χ2v) is 9.53. The number of aryl methyl sites for hydroxylation is 2. The lowest BCUT2D eigenvalue weighted by Crippen LogP contribution is -2.20. The van der Waals surface area contributed by atoms with Crippen molar-refractivity contribution in [3.8, 4) is 17.2 Å². The SMILES string of the molecule is Cc1oc(-c2ccccc2)nc1CCOc1ccc(CCC(=O)O)c(CC2CCCCC2)c1C(N)=O. The number of aromatic nitrogens is 1. The Balaban J connectivity index is 1.53. The average Bonchev–Trinajstić information content (AvgIpc) is 3.24. The number of oxazole rings is 1. The average molecular weight is 491 g/mol. The summed E-state index contributed by atoms with van der Waals surface area (Å²) in [4.78, 5) is 28.5. The first kappa shape index (κ1) is 25.5. The molecule has 7 heteroatoms. The molecule has 4 rings (SSSR count). The van der Waals surface area contributed by atoms with Crippen molar-refractivity contribution >= 4 is 11.9 Å². The summed E-state index contributed by atoms with van der Waals surface area (Å²) in [5.41, 5.74) is 9.66. The van der Waals surface area contributed by atoms with E-state index in [9.17, 15) is 14.7 Å². The highest BCUT2D eigenvalue weighted by Gasteiger charge is 2.24. The van der Waals surface area contributed by atoms with Crippen molar-refractivity contribution in [1.82, 2.24) is 4.98 Å². The number of nitrogens with two attached hydrogens (primary N) is 1. The number of carboxylic acids is 1. The summed E-state index contributed by atoms with van der Waals surface area (Å²) in [7, 11) is 0. The predicted molar refractivity (Wildman–Crippen MR) is 137 cm³/mol. The minimum Gasteiger partial charge on any atom is -0.492 e. The molecule has 3 N–H and O–H groups in total. The standard InChI is InChI=1S/C29H34N2O5/c1-19-24(31-29(36-19)22-10-6-3-7-11-22)16-17-35-25-14-12-21(13-15-26(32)33)23(27(25)28(30)34)18-20-8-4-2-5-9-20/h3,6-7,10-12,14,20H,2,4-5,8-9,13,15-18H2,1H3,(H2,30,34)(H,32,33). The van der Waals surface area contributed by atoms with Gasteiger partial charge in [0, 0.05) is 18.4 Å². The van der Waals surface area contributed by atoms with Crippen LogP contribution in [0.25, 0.3) is 11.5 Å². The Hall–Kier alpha value is -3.61. The molecule has 1 heterocycles. The van der Waals surface area contributed by atoms with Gasteiger partial charge in [0.05, 0.1) is 17.9 Å². The summed E-state index contributed by atoms with van der Waals surface area (Å²) in [5, 5.41) is 9.21. The molecule has 1 aliphatic rings. The summed E-state index contributed by atoms with van der Waals surface area (Å²) in [6.07, 6.45) is 7.41. The van der Waals surface area contributed by atoms with E-state index in [2.05, 4.69) is 4.98 Å². The number of primary amides is 1. The maximum absolute atomic E-state index is 12.6. The lowest BCUT2D eigenvalue weighted by Gasteiger charge is -2.25. The van der Waals surface area contributed by atoms with Gasteiger partial charge in [0.1, 0.15) is 11.5 Å². The molecule has 1 fully saturated rings. The molecule has 1 saturated carbocycles. The highest BCUT2D eigenvalue weighted by molar-refractivity contribution is 5.97. The summed E-state index contributed by atoms with van der Waals surface area (Å²) in [5.74, 6) is 0.795. The fraction of sp³-hybridized carbons (Fsp3) is 0.414. The van der Waals surface area contributed by atoms with Crippen LogP contribution < -0.4 is 10.5 Å². The van der Waals surface area contributed by atoms with Crippen molar-refractivity contribution in [2.75, 3.05) is 6.61 Å². The minimum absolute atomic E-state index is 0.00521. The van der Waals surface area contributed by atoms with Gasteiger partial charge in [0.25, 0.3) is 5.91 Å². The van der Waals surface area contributed by atoms with Gasteiger partial charge in [0.15, 0.2) is 0 Å². The van der Waals surface area contributed by atoms with Gasteiger partial charge < -0.3 is 20.0 Å². The number of amides is 1. The van der Waals surface area contributed by atoms with Gasteiger partial charge in [-0.15, -0.1) is 0 Å². The van der Waals surface area contributed by atoms with E-state index < -0.39 is 11.9 Å². The molecule has 3 aromatic rings. The second-order valence-electron chi connectivity index (χ2n) is 9.53. The molecule has 0 aliphatic heterocycles. The van der Waals surface area contributed by atoms with E-state index in [0.29, 0.717) is 49.0 Å². The number of carbonyl (C=O) groups excluding carboxylic acids is 1. The highest BCUT2D eigenvalue weighted by Crippen LogP contribution is 2.33. The molecule has 7 nitrogen and oxygen atoms in total. The van der Waals surface area contributed by atoms with Gasteiger partial charge in [-0.25, -0.2) is 4.98 Å². The van der Waals surface area contributed by atoms with Gasteiger partial charge in [-0.05, 0) is 55.0 Å². The Morgan fingerprint density at radius 1 is 1.08 bits per heavy atom. The zero-order valence-corrected chi connectivity index (χ0v) is 20.8. The summed E-state index contributed by atoms with van der Waals surface area (Å²) < 4.78 is 11.9. The molecule has 1 aromatic heterocycles. The van der Waals surface area contributed by atoms with Crippen LogP contribution in [-0.2, 0) is 24.1 Å². The first-order valence-corrected chi connectivity index (χ1v) is 12.7. The van der Waals surface area contributed by atoms with Crippen molar-refractivity contribution in [2.24, 2.45) is 11.7 Å². The number of rotatable bonds is 11. The molecule has 1 amide bonds. The van der Waals surface area contributed by atoms with E-state index in [0.717, 1.165) is 41.0 Å². The molecule has 1 aliphatic carbocycles. The summed E-state index contributed by atoms with van der Waals surface area (Å²) in [6.45, 7) is 2.18. The maximum Gasteiger partial charge on any atom is 0.303 e. The predicted octanol–water partition coefficient (Wildman–Crippen LogP) is 5.51. The van der Waals surface area contributed by atoms with Crippen LogP contribution in [0.15, 0.2) is 46.9 Å². The third-order valence-electron chi connectivity index (χ3n) is 6.95. The van der Waals surface area contributed by atoms with Crippen molar-refractivity contribution in [3.63, 3.8) is 0 Å². The maximum atomic E-state index is 12.6. The van der Waals surface area contributed by atoms with Crippen molar-refractivity contribution in [3.05, 3.63) is 70.6 Å². The Labute approximate surface area is 211 Å². The normalized spacial score (nSPS) is 14.0. The molecule has 0 bridgehead atoms. The van der Waals surface area contributed by atoms with Crippen molar-refractivity contribution in [2.45, 2.75) is 64.7 Å². The zero-order valence-electron chi connectivity index (χ0n) is 20.8. The minimum atomic E-state index is -0.863. The Kier molecular flexibility index (Phi) is 8.41. The van der Waals surface area contributed by atoms with Crippen LogP contribution in [0.3, 0.4) is 0 Å². The zero-order chi connectivity index (χ0) is 25.5. The van der Waals surface area contributed by atoms with Crippen LogP contribution in [0.1, 0.15) is 71.5 Å². The van der Waals surface area contributed by atoms with Crippen LogP contribution in [0.2, 0.25) is 0 Å². The summed E-state index contributed by atoms with van der Waals surface area (Å²) >= 11 is 0. The van der Waals surface area contributed by atoms with Crippen LogP contribution in [-0.4, -0.2) is 28.6 Å². The fourth-order valence-corrected chi connectivity index (χ4v) is 5.07. The Morgan fingerprint density at radius 3 is 2.53 bits per heavy atom. The van der Waals surface area contributed by atoms with Crippen LogP contribution in [0, 0.1) is 12.8 Å². The van der Waals surface area contributed by atoms with Gasteiger partial charge in [-0.3, -0.25) is 9.59 Å². The Morgan fingerprint density at radius 2 is 1.83 bits per heavy atom. The van der Waals surface area contributed by atoms with Crippen molar-refractivity contribution < 1.29 is 23.8 Å². The second kappa shape index (κ2) is 11.9. The molecule has 36 heavy (non-hydrogen) atoms. The number of nitrogens with zero attached hydrogens (tertiary/aromatic N) is 1. The number of hydrogen-bond donors (Lipinski definition) is 2. The number of carboxylic acid groups (broad SMARTS) is 1. The lowest BCUT2D eigenvalue weighted by molar-refractivity contribution is -0.136. The van der Waals surface area contributed by atoms with Gasteiger partial charge in [-0.1, -0.05) is 56.4 Å². The smallest absolute Gasteiger partial charge is 0.303 e. The van der Waals surface area contributed by atoms with E-state index in [1.807, 2.05) is 43.3 Å². The molecule has 0 saturated heterocycles. The third-order valence-corrected chi connectivity index (χ3v) is 6.95. The van der Waals surface area contributed by atoms with E-state index in [-0.39, 0.29) is 6.42 Å². The number of aliphatic carboxylic acids is 1. The van der Waals surface area contributed by atoms with Crippen molar-refractivity contribution in [1.29, 1.82) is 0 Å². The molecule has 0 spiro atoms. The molecular weight excluding hydrogens is 456 g/mol. The topological polar surface area (TPSA) is 116 Å². The van der Waals surface area contributed by atoms with E-state index in [4.69, 9.17) is 14.9 Å². The molecule has 190 valence electrons. The molecule has 0 unspecified atom stereocenters. The molecule has 0 atom stereocenters. The molecular formula is C29H34N2O5. The number of carbonyl (C=O) groups is 2. The van der Waals surface area contributed by atoms with Gasteiger partial charge in [0.2, 0.25) is 5.89 Å². The first-order valence-electron chi connectivity index (χ1n) is 12.7. The van der Waals surface area contributed by atoms with Gasteiger partial charge in [-0.2, -0.15) is 0 Å². The largest absolute Gasteiger partial charge is 0.492 e. The molecule has 2 aromatic carbocycles. The van der Waals surface area contributed by atoms with E-state index in [1.165, 1.54) is 19.3 Å². The lowest BCUT2D eigenvalue weighted by atomic mass is 9.81. The third kappa shape index (κ3) is 6.33. The number of hydrogen-bond acceptors (Lipinski definition) is 5. The quantitative estimate of drug-likeness (QED) is 0.366. The van der Waals surface area contributed by atoms with Crippen LogP contribution in [0.4, 0.5) is 0 Å². The first-order chi connectivity index (χ1) is 17.4. The van der Waals surface area contributed by atoms with Crippen LogP contribution >= 0.6 is 0 Å². The molecule has 0 radical (unpaired) electrons. The highest BCUT2D eigenvalue weighted by atomic mass is 16.5. The monoisotopic (exact) mass is 490 g/mol. The Bertz CT molecular complexity index is 1200.